The van der Waals surface area contributed by atoms with Crippen LogP contribution in [0.15, 0.2) is 78.9 Å². The van der Waals surface area contributed by atoms with Gasteiger partial charge in [-0.3, -0.25) is 0 Å². The molecule has 0 unspecified atom stereocenters. The van der Waals surface area contributed by atoms with Gasteiger partial charge in [0, 0.05) is 6.54 Å². The molecule has 0 radical (unpaired) electrons. The lowest BCUT2D eigenvalue weighted by molar-refractivity contribution is 0.261. The third-order valence-electron chi connectivity index (χ3n) is 5.18. The second-order valence-corrected chi connectivity index (χ2v) is 7.71. The molecule has 3 nitrogen and oxygen atoms in total. The Morgan fingerprint density at radius 3 is 1.77 bits per heavy atom. The van der Waals surface area contributed by atoms with E-state index in [1.165, 1.54) is 27.8 Å². The molecule has 3 aromatic carbocycles. The smallest absolute Gasteiger partial charge is 0.119 e. The fraction of sp³-hybridized carbons (Fsp3) is 0.286. The highest BCUT2D eigenvalue weighted by Gasteiger charge is 2.13. The van der Waals surface area contributed by atoms with E-state index in [2.05, 4.69) is 105 Å². The number of allylic oxidation sites excluding steroid dienone is 1. The van der Waals surface area contributed by atoms with Gasteiger partial charge in [0.1, 0.15) is 18.1 Å². The second-order valence-electron chi connectivity index (χ2n) is 7.71. The predicted octanol–water partition coefficient (Wildman–Crippen LogP) is 6.39. The first-order valence-corrected chi connectivity index (χ1v) is 11.0. The summed E-state index contributed by atoms with van der Waals surface area (Å²) in [7, 11) is 4.10. The van der Waals surface area contributed by atoms with Gasteiger partial charge in [-0.05, 0) is 79.5 Å². The van der Waals surface area contributed by atoms with E-state index in [4.69, 9.17) is 9.47 Å². The molecule has 3 heteroatoms. The van der Waals surface area contributed by atoms with Crippen LogP contribution in [0.5, 0.6) is 11.5 Å². The first-order chi connectivity index (χ1) is 15.1. The molecule has 31 heavy (non-hydrogen) atoms. The molecule has 162 valence electrons. The van der Waals surface area contributed by atoms with Gasteiger partial charge in [-0.25, -0.2) is 0 Å². The minimum Gasteiger partial charge on any atom is -0.494 e. The standard InChI is InChI=1S/C28H33NO2/c1-5-27(22-12-16-25(17-13-22)30-6-2)28(23-10-8-7-9-11-23)24-14-18-26(19-15-24)31-21-20-29(3)4/h7-19H,5-6,20-21H2,1-4H3. The van der Waals surface area contributed by atoms with Crippen LogP contribution >= 0.6 is 0 Å². The Labute approximate surface area is 186 Å². The fourth-order valence-corrected chi connectivity index (χ4v) is 3.63. The summed E-state index contributed by atoms with van der Waals surface area (Å²) in [6.07, 6.45) is 0.930. The van der Waals surface area contributed by atoms with Crippen LogP contribution in [0.25, 0.3) is 11.1 Å². The van der Waals surface area contributed by atoms with Crippen molar-refractivity contribution in [3.05, 3.63) is 95.6 Å². The zero-order valence-corrected chi connectivity index (χ0v) is 19.1. The lowest BCUT2D eigenvalue weighted by Gasteiger charge is -2.17. The number of hydrogen-bond donors (Lipinski definition) is 0. The monoisotopic (exact) mass is 415 g/mol. The summed E-state index contributed by atoms with van der Waals surface area (Å²) in [6.45, 7) is 6.48. The van der Waals surface area contributed by atoms with E-state index in [9.17, 15) is 0 Å². The summed E-state index contributed by atoms with van der Waals surface area (Å²) >= 11 is 0. The van der Waals surface area contributed by atoms with E-state index in [0.29, 0.717) is 13.2 Å². The minimum absolute atomic E-state index is 0.675. The Morgan fingerprint density at radius 2 is 1.23 bits per heavy atom. The maximum absolute atomic E-state index is 5.89. The Balaban J connectivity index is 1.99. The largest absolute Gasteiger partial charge is 0.494 e. The number of ether oxygens (including phenoxy) is 2. The predicted molar refractivity (Wildman–Crippen MR) is 131 cm³/mol. The van der Waals surface area contributed by atoms with Crippen LogP contribution in [0.4, 0.5) is 0 Å². The lowest BCUT2D eigenvalue weighted by atomic mass is 9.88. The van der Waals surface area contributed by atoms with Crippen molar-refractivity contribution >= 4 is 11.1 Å². The number of likely N-dealkylation sites (N-methyl/N-ethyl adjacent to an activating group) is 1. The molecule has 0 aliphatic heterocycles. The van der Waals surface area contributed by atoms with Crippen molar-refractivity contribution in [1.29, 1.82) is 0 Å². The summed E-state index contributed by atoms with van der Waals surface area (Å²) in [5.41, 5.74) is 6.20. The zero-order valence-electron chi connectivity index (χ0n) is 19.1. The van der Waals surface area contributed by atoms with Crippen molar-refractivity contribution in [2.24, 2.45) is 0 Å². The van der Waals surface area contributed by atoms with Gasteiger partial charge in [-0.2, -0.15) is 0 Å². The molecule has 0 fully saturated rings. The van der Waals surface area contributed by atoms with Gasteiger partial charge in [0.15, 0.2) is 0 Å². The van der Waals surface area contributed by atoms with Crippen LogP contribution < -0.4 is 9.47 Å². The van der Waals surface area contributed by atoms with Crippen LogP contribution in [-0.2, 0) is 0 Å². The van der Waals surface area contributed by atoms with E-state index >= 15 is 0 Å². The number of nitrogens with zero attached hydrogens (tertiary/aromatic N) is 1. The van der Waals surface area contributed by atoms with Crippen LogP contribution in [-0.4, -0.2) is 38.8 Å². The van der Waals surface area contributed by atoms with Crippen molar-refractivity contribution in [2.45, 2.75) is 20.3 Å². The Morgan fingerprint density at radius 1 is 0.677 bits per heavy atom. The molecule has 0 saturated heterocycles. The average molecular weight is 416 g/mol. The van der Waals surface area contributed by atoms with Gasteiger partial charge < -0.3 is 14.4 Å². The SMILES string of the molecule is CCOc1ccc(C(CC)=C(c2ccccc2)c2ccc(OCCN(C)C)cc2)cc1. The molecule has 0 bridgehead atoms. The lowest BCUT2D eigenvalue weighted by Crippen LogP contribution is -2.19. The quantitative estimate of drug-likeness (QED) is 0.358. The van der Waals surface area contributed by atoms with E-state index in [1.807, 2.05) is 6.92 Å². The maximum Gasteiger partial charge on any atom is 0.119 e. The van der Waals surface area contributed by atoms with Crippen molar-refractivity contribution in [2.75, 3.05) is 33.9 Å². The minimum atomic E-state index is 0.675. The molecule has 0 atom stereocenters. The highest BCUT2D eigenvalue weighted by atomic mass is 16.5. The van der Waals surface area contributed by atoms with Crippen molar-refractivity contribution in [3.63, 3.8) is 0 Å². The molecule has 3 rings (SSSR count). The molecule has 0 heterocycles. The molecular weight excluding hydrogens is 382 g/mol. The van der Waals surface area contributed by atoms with Crippen LogP contribution in [0, 0.1) is 0 Å². The van der Waals surface area contributed by atoms with Gasteiger partial charge in [0.25, 0.3) is 0 Å². The Bertz CT molecular complexity index is 958. The molecule has 0 spiro atoms. The summed E-state index contributed by atoms with van der Waals surface area (Å²) in [5.74, 6) is 1.80. The van der Waals surface area contributed by atoms with Crippen LogP contribution in [0.1, 0.15) is 37.0 Å². The third kappa shape index (κ3) is 6.22. The van der Waals surface area contributed by atoms with Crippen molar-refractivity contribution < 1.29 is 9.47 Å². The summed E-state index contributed by atoms with van der Waals surface area (Å²) in [5, 5.41) is 0. The molecule has 0 N–H and O–H groups in total. The first kappa shape index (κ1) is 22.6. The van der Waals surface area contributed by atoms with Crippen molar-refractivity contribution in [1.82, 2.24) is 4.90 Å². The Kier molecular flexibility index (Phi) is 8.31. The van der Waals surface area contributed by atoms with Crippen molar-refractivity contribution in [3.8, 4) is 11.5 Å². The zero-order chi connectivity index (χ0) is 22.1. The van der Waals surface area contributed by atoms with Crippen LogP contribution in [0.2, 0.25) is 0 Å². The fourth-order valence-electron chi connectivity index (χ4n) is 3.63. The topological polar surface area (TPSA) is 21.7 Å². The average Bonchev–Trinajstić information content (AvgIpc) is 2.79. The normalized spacial score (nSPS) is 11.9. The maximum atomic E-state index is 5.89. The summed E-state index contributed by atoms with van der Waals surface area (Å²) in [4.78, 5) is 2.12. The highest BCUT2D eigenvalue weighted by molar-refractivity contribution is 5.98. The number of benzene rings is 3. The molecule has 3 aromatic rings. The van der Waals surface area contributed by atoms with E-state index < -0.39 is 0 Å². The number of hydrogen-bond acceptors (Lipinski definition) is 3. The highest BCUT2D eigenvalue weighted by Crippen LogP contribution is 2.35. The number of rotatable bonds is 10. The van der Waals surface area contributed by atoms with E-state index in [0.717, 1.165) is 24.5 Å². The molecule has 0 aromatic heterocycles. The Hall–Kier alpha value is -3.04. The molecule has 0 amide bonds. The summed E-state index contributed by atoms with van der Waals surface area (Å²) in [6, 6.07) is 27.5. The first-order valence-electron chi connectivity index (χ1n) is 11.0. The van der Waals surface area contributed by atoms with Gasteiger partial charge in [0.05, 0.1) is 6.61 Å². The third-order valence-corrected chi connectivity index (χ3v) is 5.18. The summed E-state index contributed by atoms with van der Waals surface area (Å²) < 4.78 is 11.5. The van der Waals surface area contributed by atoms with E-state index in [1.54, 1.807) is 0 Å². The molecule has 0 aliphatic carbocycles. The van der Waals surface area contributed by atoms with E-state index in [-0.39, 0.29) is 0 Å². The van der Waals surface area contributed by atoms with Gasteiger partial charge in [0.2, 0.25) is 0 Å². The van der Waals surface area contributed by atoms with Gasteiger partial charge in [-0.1, -0.05) is 61.5 Å². The van der Waals surface area contributed by atoms with Gasteiger partial charge in [-0.15, -0.1) is 0 Å². The molecular formula is C28H33NO2. The molecule has 0 saturated carbocycles. The second kappa shape index (κ2) is 11.4. The molecule has 0 aliphatic rings. The van der Waals surface area contributed by atoms with Gasteiger partial charge >= 0.3 is 0 Å². The van der Waals surface area contributed by atoms with Crippen LogP contribution in [0.3, 0.4) is 0 Å².